The van der Waals surface area contributed by atoms with Gasteiger partial charge < -0.3 is 58.1 Å². The molecule has 0 saturated carbocycles. The van der Waals surface area contributed by atoms with Crippen molar-refractivity contribution < 1.29 is 130 Å². The molecule has 0 fully saturated rings. The Morgan fingerprint density at radius 1 is 0.211 bits per heavy atom. The van der Waals surface area contributed by atoms with Crippen molar-refractivity contribution in [3.05, 3.63) is 201 Å². The Morgan fingerprint density at radius 2 is 0.395 bits per heavy atom. The molecule has 4 aromatic carbocycles. The number of benzene rings is 4. The third kappa shape index (κ3) is 86.4. The van der Waals surface area contributed by atoms with Crippen LogP contribution >= 0.6 is 0 Å². The monoisotopic (exact) mass is 2050 g/mol. The van der Waals surface area contributed by atoms with Gasteiger partial charge in [-0.25, -0.2) is 27.7 Å². The lowest BCUT2D eigenvalue weighted by Crippen LogP contribution is -2.05. The fourth-order valence-corrected chi connectivity index (χ4v) is 9.80. The SMILES string of the molecule is CC(=O)/C(C)=N/OCCCCCCO/N=C/c1ccc(C=O)cc1.CC(=O)/C(C)=N/OCCCCCCO/N=C/c1cccc(C=O)c1.CC(=O)/C(C)=N/OCCCCCCO/N=C/c1cccc(C=O)n1.CC(=O)/C(C)=N/OCCCCCCON.CC(=O)/C(C)=N/OCCCCCCON.CC(=O)/C(C)=N/OCCCCCCON.O=Cc1ccc(C=O)cc1.O=Cc1cccc(C=O)c1.O=Cc1cccc(C=O)n1. The summed E-state index contributed by atoms with van der Waals surface area (Å²) >= 11 is 0. The summed E-state index contributed by atoms with van der Waals surface area (Å²) < 4.78 is 0. The lowest BCUT2D eigenvalue weighted by molar-refractivity contribution is -0.112. The van der Waals surface area contributed by atoms with Gasteiger partial charge in [0.05, 0.1) is 44.2 Å². The number of rotatable bonds is 69. The predicted octanol–water partition coefficient (Wildman–Crippen LogP) is 17.2. The zero-order chi connectivity index (χ0) is 110. The Balaban J connectivity index is -0.00000162. The van der Waals surface area contributed by atoms with Crippen LogP contribution in [0, 0.1) is 0 Å². The summed E-state index contributed by atoms with van der Waals surface area (Å²) in [6.07, 6.45) is 34.5. The van der Waals surface area contributed by atoms with E-state index in [2.05, 4.69) is 70.9 Å². The molecule has 6 N–H and O–H groups in total. The lowest BCUT2D eigenvalue weighted by Gasteiger charge is -2.01. The van der Waals surface area contributed by atoms with Crippen LogP contribution in [0.1, 0.15) is 348 Å². The third-order valence-corrected chi connectivity index (χ3v) is 18.9. The molecular formula is C106H148N14O27. The van der Waals surface area contributed by atoms with Gasteiger partial charge in [0.2, 0.25) is 0 Å². The molecule has 6 aromatic rings. The predicted molar refractivity (Wildman–Crippen MR) is 563 cm³/mol. The van der Waals surface area contributed by atoms with Gasteiger partial charge >= 0.3 is 0 Å². The zero-order valence-corrected chi connectivity index (χ0v) is 86.8. The van der Waals surface area contributed by atoms with Crippen LogP contribution in [0.15, 0.2) is 180 Å². The van der Waals surface area contributed by atoms with Gasteiger partial charge in [0.1, 0.15) is 149 Å². The minimum Gasteiger partial charge on any atom is -0.396 e. The average molecular weight is 2050 g/mol. The maximum atomic E-state index is 10.9. The standard InChI is InChI=1S/2C18H24N2O4.C17H23N3O4.3C10H20N2O3.2C8H6O2.C7H5NO2/c1-15(16(2)22)20-24-12-6-4-3-5-11-23-19-13-17-7-9-18(14-21)10-8-17;1-15(16(2)22)20-24-11-6-4-3-5-10-23-19-13-17-8-7-9-18(12-17)14-21;1-14(15(2)22)20-24-11-6-4-3-5-10-23-18-12-16-8-7-9-17(13-21)19-16;3*1-9(10(2)13)12-15-8-6-4-3-5-7-14-11;9-5-7-1-2-8(6-10)4-3-7;9-5-7-2-1-3-8(4-7)6-10;9-4-6-2-1-3-7(5-10)8-6/h7-10,13-14H,3-6,11-12H2,1-2H3;7-9,12-14H,3-6,10-11H2,1-2H3;7-9,12-13H,3-6,10-11H2,1-2H3;3*3-8,11H2,1-2H3;2*1-6H;1-5H/b2*19-13+,20-15+;18-12+,20-14+;3*12-9+;;;. The Kier molecular flexibility index (Phi) is 91.5. The van der Waals surface area contributed by atoms with Gasteiger partial charge in [-0.1, -0.05) is 163 Å². The van der Waals surface area contributed by atoms with Crippen LogP contribution in [0.5, 0.6) is 0 Å². The van der Waals surface area contributed by atoms with Crippen molar-refractivity contribution in [1.29, 1.82) is 0 Å². The van der Waals surface area contributed by atoms with Crippen molar-refractivity contribution in [1.82, 2.24) is 9.97 Å². The molecule has 0 aliphatic rings. The Morgan fingerprint density at radius 3 is 0.619 bits per heavy atom. The first kappa shape index (κ1) is 136. The number of aldehydes is 9. The fourth-order valence-electron chi connectivity index (χ4n) is 9.80. The van der Waals surface area contributed by atoms with Gasteiger partial charge in [-0.2, -0.15) is 0 Å². The summed E-state index contributed by atoms with van der Waals surface area (Å²) in [5.41, 5.74) is 9.11. The van der Waals surface area contributed by atoms with Gasteiger partial charge in [0.15, 0.2) is 53.6 Å². The van der Waals surface area contributed by atoms with Gasteiger partial charge in [-0.05, 0) is 224 Å². The average Bonchev–Trinajstić information content (AvgIpc) is 1.09. The number of carbonyl (C=O) groups is 15. The van der Waals surface area contributed by atoms with Crippen LogP contribution in [0.3, 0.4) is 0 Å². The highest BCUT2D eigenvalue weighted by atomic mass is 16.7. The molecule has 0 spiro atoms. The molecule has 0 aliphatic carbocycles. The van der Waals surface area contributed by atoms with Crippen LogP contribution < -0.4 is 17.7 Å². The smallest absolute Gasteiger partial charge is 0.177 e. The van der Waals surface area contributed by atoms with Crippen molar-refractivity contribution in [3.63, 3.8) is 0 Å². The number of hydrogen-bond acceptors (Lipinski definition) is 41. The molecule has 41 nitrogen and oxygen atoms in total. The van der Waals surface area contributed by atoms with E-state index in [0.29, 0.717) is 190 Å². The number of ketones is 6. The summed E-state index contributed by atoms with van der Waals surface area (Å²) in [7, 11) is 0. The second kappa shape index (κ2) is 98.6. The molecule has 6 rings (SSSR count). The van der Waals surface area contributed by atoms with E-state index in [1.54, 1.807) is 169 Å². The van der Waals surface area contributed by atoms with Crippen LogP contribution in [0.4, 0.5) is 0 Å². The molecule has 147 heavy (non-hydrogen) atoms. The van der Waals surface area contributed by atoms with Crippen molar-refractivity contribution in [2.45, 2.75) is 237 Å². The maximum Gasteiger partial charge on any atom is 0.177 e. The summed E-state index contributed by atoms with van der Waals surface area (Å²) in [5, 5.41) is 33.8. The number of nitrogens with two attached hydrogens (primary N) is 3. The maximum absolute atomic E-state index is 10.9. The highest BCUT2D eigenvalue weighted by Gasteiger charge is 2.07. The largest absolute Gasteiger partial charge is 0.396 e. The number of hydrogen-bond donors (Lipinski definition) is 3. The molecule has 2 heterocycles. The number of unbranched alkanes of at least 4 members (excludes halogenated alkanes) is 18. The first-order valence-corrected chi connectivity index (χ1v) is 47.9. The number of Topliss-reactive ketones (excluding diaryl/α,β-unsaturated/α-hetero) is 6. The van der Waals surface area contributed by atoms with Crippen LogP contribution in [-0.4, -0.2) is 233 Å². The first-order chi connectivity index (χ1) is 71.0. The fraction of sp³-hybridized carbons (Fsp3) is 0.453. The molecule has 0 bridgehead atoms. The Bertz CT molecular complexity index is 4630. The van der Waals surface area contributed by atoms with Gasteiger partial charge in [0, 0.05) is 74.9 Å². The second-order valence-electron chi connectivity index (χ2n) is 31.4. The first-order valence-electron chi connectivity index (χ1n) is 47.9. The van der Waals surface area contributed by atoms with E-state index in [0.717, 1.165) is 190 Å². The molecule has 41 heteroatoms. The van der Waals surface area contributed by atoms with E-state index >= 15 is 0 Å². The van der Waals surface area contributed by atoms with E-state index in [1.165, 1.54) is 47.8 Å². The highest BCUT2D eigenvalue weighted by Crippen LogP contribution is 2.11. The molecule has 804 valence electrons. The molecule has 0 radical (unpaired) electrons. The van der Waals surface area contributed by atoms with Crippen molar-refractivity contribution >= 4 is 144 Å². The Hall–Kier alpha value is -14.8. The van der Waals surface area contributed by atoms with Crippen molar-refractivity contribution in [2.24, 2.45) is 64.1 Å². The van der Waals surface area contributed by atoms with Crippen LogP contribution in [-0.2, 0) is 86.8 Å². The summed E-state index contributed by atoms with van der Waals surface area (Å²) in [6.45, 7) is 25.2. The van der Waals surface area contributed by atoms with E-state index in [4.69, 9.17) is 61.2 Å². The van der Waals surface area contributed by atoms with E-state index in [1.807, 2.05) is 18.2 Å². The molecule has 0 saturated heterocycles. The van der Waals surface area contributed by atoms with Crippen molar-refractivity contribution in [3.8, 4) is 0 Å². The zero-order valence-electron chi connectivity index (χ0n) is 86.8. The van der Waals surface area contributed by atoms with Crippen molar-refractivity contribution in [2.75, 3.05) is 79.3 Å². The van der Waals surface area contributed by atoms with E-state index in [-0.39, 0.29) is 46.1 Å². The van der Waals surface area contributed by atoms with Gasteiger partial charge in [-0.3, -0.25) is 71.9 Å². The molecular weight excluding hydrogens is 1900 g/mol. The second-order valence-corrected chi connectivity index (χ2v) is 31.4. The summed E-state index contributed by atoms with van der Waals surface area (Å²) in [4.78, 5) is 224. The minimum absolute atomic E-state index is 0.0601. The number of pyridine rings is 2. The number of nitrogens with zero attached hydrogens (tertiary/aromatic N) is 11. The summed E-state index contributed by atoms with van der Waals surface area (Å²) in [6, 6.07) is 37.0. The van der Waals surface area contributed by atoms with Crippen LogP contribution in [0.2, 0.25) is 0 Å². The molecule has 0 aliphatic heterocycles. The minimum atomic E-state index is -0.0826. The number of oxime groups is 9. The normalized spacial score (nSPS) is 11.0. The number of aromatic nitrogens is 2. The van der Waals surface area contributed by atoms with E-state index < -0.39 is 0 Å². The Labute approximate surface area is 861 Å². The quantitative estimate of drug-likeness (QED) is 0.0138. The summed E-state index contributed by atoms with van der Waals surface area (Å²) in [5.74, 6) is 14.2. The molecule has 0 unspecified atom stereocenters. The molecule has 0 atom stereocenters. The van der Waals surface area contributed by atoms with Gasteiger partial charge in [0.25, 0.3) is 0 Å². The van der Waals surface area contributed by atoms with E-state index in [9.17, 15) is 71.9 Å². The topological polar surface area (TPSA) is 582 Å². The van der Waals surface area contributed by atoms with Crippen LogP contribution in [0.25, 0.3) is 0 Å². The third-order valence-electron chi connectivity index (χ3n) is 18.9. The molecule has 2 aromatic heterocycles. The number of carbonyl (C=O) groups excluding carboxylic acids is 15. The highest BCUT2D eigenvalue weighted by molar-refractivity contribution is 6.39. The lowest BCUT2D eigenvalue weighted by atomic mass is 10.1. The van der Waals surface area contributed by atoms with Gasteiger partial charge in [-0.15, -0.1) is 0 Å². The molecule has 0 amide bonds.